The highest BCUT2D eigenvalue weighted by atomic mass is 32.2. The zero-order chi connectivity index (χ0) is 12.7. The first-order valence-electron chi connectivity index (χ1n) is 5.38. The minimum absolute atomic E-state index is 0.0498. The van der Waals surface area contributed by atoms with E-state index >= 15 is 0 Å². The first-order valence-corrected chi connectivity index (χ1v) is 6.43. The Balaban J connectivity index is 2.42. The summed E-state index contributed by atoms with van der Waals surface area (Å²) in [5, 5.41) is 2.51. The van der Waals surface area contributed by atoms with Crippen LogP contribution in [0.1, 0.15) is 12.5 Å². The maximum absolute atomic E-state index is 13.3. The molecule has 1 rings (SSSR count). The Morgan fingerprint density at radius 3 is 2.94 bits per heavy atom. The van der Waals surface area contributed by atoms with Crippen LogP contribution in [0.25, 0.3) is 0 Å². The van der Waals surface area contributed by atoms with Crippen LogP contribution in [0.4, 0.5) is 4.39 Å². The van der Waals surface area contributed by atoms with Crippen molar-refractivity contribution in [2.45, 2.75) is 17.9 Å². The molecule has 0 spiro atoms. The van der Waals surface area contributed by atoms with Gasteiger partial charge in [0.25, 0.3) is 0 Å². The lowest BCUT2D eigenvalue weighted by molar-refractivity contribution is -0.120. The normalized spacial score (nSPS) is 11.9. The number of carbonyl (C=O) groups is 1. The average molecular weight is 253 g/mol. The molecule has 1 amide bonds. The van der Waals surface area contributed by atoms with Crippen molar-refractivity contribution in [2.75, 3.05) is 6.54 Å². The number of thioether (sulfide) groups is 1. The van der Waals surface area contributed by atoms with Crippen molar-refractivity contribution >= 4 is 17.7 Å². The number of nitrogens with one attached hydrogen (secondary N) is 1. The lowest BCUT2D eigenvalue weighted by atomic mass is 10.2. The van der Waals surface area contributed by atoms with E-state index in [1.807, 2.05) is 6.92 Å². The van der Waals surface area contributed by atoms with Crippen molar-refractivity contribution < 1.29 is 9.18 Å². The van der Waals surface area contributed by atoms with Crippen LogP contribution in [0.15, 0.2) is 36.9 Å². The molecule has 0 radical (unpaired) electrons. The molecule has 0 bridgehead atoms. The standard InChI is InChI=1S/C13H16FNOS/c1-3-8-15-13(16)10(2)17-9-11-6-4-5-7-12(11)14/h3-7,10H,1,8-9H2,2H3,(H,15,16). The number of amides is 1. The number of hydrogen-bond donors (Lipinski definition) is 1. The molecule has 1 aromatic rings. The summed E-state index contributed by atoms with van der Waals surface area (Å²) in [6, 6.07) is 6.61. The van der Waals surface area contributed by atoms with Gasteiger partial charge in [-0.05, 0) is 18.6 Å². The molecule has 92 valence electrons. The number of hydrogen-bond acceptors (Lipinski definition) is 2. The van der Waals surface area contributed by atoms with E-state index in [9.17, 15) is 9.18 Å². The SMILES string of the molecule is C=CCNC(=O)C(C)SCc1ccccc1F. The van der Waals surface area contributed by atoms with Gasteiger partial charge in [-0.15, -0.1) is 18.3 Å². The Hall–Kier alpha value is -1.29. The number of halogens is 1. The summed E-state index contributed by atoms with van der Waals surface area (Å²) < 4.78 is 13.3. The summed E-state index contributed by atoms with van der Waals surface area (Å²) in [5.41, 5.74) is 0.626. The largest absolute Gasteiger partial charge is 0.352 e. The topological polar surface area (TPSA) is 29.1 Å². The van der Waals surface area contributed by atoms with Crippen LogP contribution in [-0.2, 0) is 10.5 Å². The highest BCUT2D eigenvalue weighted by Gasteiger charge is 2.13. The fourth-order valence-electron chi connectivity index (χ4n) is 1.22. The van der Waals surface area contributed by atoms with Crippen LogP contribution in [0.2, 0.25) is 0 Å². The Bertz CT molecular complexity index is 395. The lowest BCUT2D eigenvalue weighted by Crippen LogP contribution is -2.30. The lowest BCUT2D eigenvalue weighted by Gasteiger charge is -2.11. The molecule has 0 aliphatic carbocycles. The smallest absolute Gasteiger partial charge is 0.233 e. The maximum Gasteiger partial charge on any atom is 0.233 e. The molecular formula is C13H16FNOS. The minimum atomic E-state index is -0.223. The van der Waals surface area contributed by atoms with Crippen LogP contribution in [0, 0.1) is 5.82 Å². The summed E-state index contributed by atoms with van der Waals surface area (Å²) in [6.07, 6.45) is 1.63. The Morgan fingerprint density at radius 1 is 1.59 bits per heavy atom. The third-order valence-corrected chi connectivity index (χ3v) is 3.43. The van der Waals surface area contributed by atoms with Crippen LogP contribution in [-0.4, -0.2) is 17.7 Å². The summed E-state index contributed by atoms with van der Waals surface area (Å²) >= 11 is 1.42. The van der Waals surface area contributed by atoms with Crippen LogP contribution >= 0.6 is 11.8 Å². The Morgan fingerprint density at radius 2 is 2.29 bits per heavy atom. The first-order chi connectivity index (χ1) is 8.15. The van der Waals surface area contributed by atoms with Gasteiger partial charge in [0.05, 0.1) is 5.25 Å². The van der Waals surface area contributed by atoms with E-state index in [4.69, 9.17) is 0 Å². The Labute approximate surface area is 105 Å². The van der Waals surface area contributed by atoms with Crippen molar-refractivity contribution in [3.8, 4) is 0 Å². The molecule has 0 heterocycles. The molecule has 1 aromatic carbocycles. The molecule has 0 fully saturated rings. The molecule has 0 saturated heterocycles. The monoisotopic (exact) mass is 253 g/mol. The van der Waals surface area contributed by atoms with Crippen molar-refractivity contribution in [1.82, 2.24) is 5.32 Å². The number of rotatable bonds is 6. The zero-order valence-corrected chi connectivity index (χ0v) is 10.6. The van der Waals surface area contributed by atoms with Gasteiger partial charge in [-0.1, -0.05) is 24.3 Å². The van der Waals surface area contributed by atoms with E-state index < -0.39 is 0 Å². The van der Waals surface area contributed by atoms with Crippen molar-refractivity contribution in [3.05, 3.63) is 48.3 Å². The van der Waals surface area contributed by atoms with E-state index in [1.165, 1.54) is 17.8 Å². The van der Waals surface area contributed by atoms with Gasteiger partial charge in [-0.2, -0.15) is 0 Å². The van der Waals surface area contributed by atoms with E-state index in [1.54, 1.807) is 24.3 Å². The van der Waals surface area contributed by atoms with Gasteiger partial charge in [0.15, 0.2) is 0 Å². The zero-order valence-electron chi connectivity index (χ0n) is 9.78. The van der Waals surface area contributed by atoms with Gasteiger partial charge < -0.3 is 5.32 Å². The predicted molar refractivity (Wildman–Crippen MR) is 70.4 cm³/mol. The van der Waals surface area contributed by atoms with Crippen molar-refractivity contribution in [2.24, 2.45) is 0 Å². The molecule has 0 aliphatic rings. The van der Waals surface area contributed by atoms with E-state index in [0.717, 1.165) is 0 Å². The van der Waals surface area contributed by atoms with Gasteiger partial charge >= 0.3 is 0 Å². The third-order valence-electron chi connectivity index (χ3n) is 2.24. The summed E-state index contributed by atoms with van der Waals surface area (Å²) in [4.78, 5) is 11.5. The molecule has 2 nitrogen and oxygen atoms in total. The molecule has 1 unspecified atom stereocenters. The third kappa shape index (κ3) is 4.61. The fourth-order valence-corrected chi connectivity index (χ4v) is 2.12. The number of carbonyl (C=O) groups excluding carboxylic acids is 1. The molecular weight excluding hydrogens is 237 g/mol. The second-order valence-electron chi connectivity index (χ2n) is 3.58. The van der Waals surface area contributed by atoms with Gasteiger partial charge in [0.1, 0.15) is 5.82 Å². The molecule has 17 heavy (non-hydrogen) atoms. The number of benzene rings is 1. The summed E-state index contributed by atoms with van der Waals surface area (Å²) in [5.74, 6) is 0.222. The van der Waals surface area contributed by atoms with Gasteiger partial charge in [-0.25, -0.2) is 4.39 Å². The molecule has 4 heteroatoms. The van der Waals surface area contributed by atoms with Crippen LogP contribution in [0.3, 0.4) is 0 Å². The molecule has 0 aliphatic heterocycles. The van der Waals surface area contributed by atoms with Crippen LogP contribution < -0.4 is 5.32 Å². The predicted octanol–water partition coefficient (Wildman–Crippen LogP) is 2.75. The van der Waals surface area contributed by atoms with Gasteiger partial charge in [0, 0.05) is 12.3 Å². The average Bonchev–Trinajstić information content (AvgIpc) is 2.34. The second kappa shape index (κ2) is 7.12. The van der Waals surface area contributed by atoms with Crippen molar-refractivity contribution in [1.29, 1.82) is 0 Å². The molecule has 0 saturated carbocycles. The van der Waals surface area contributed by atoms with E-state index in [2.05, 4.69) is 11.9 Å². The fraction of sp³-hybridized carbons (Fsp3) is 0.308. The quantitative estimate of drug-likeness (QED) is 0.790. The summed E-state index contributed by atoms with van der Waals surface area (Å²) in [6.45, 7) is 5.80. The van der Waals surface area contributed by atoms with Crippen molar-refractivity contribution in [3.63, 3.8) is 0 Å². The molecule has 1 N–H and O–H groups in total. The molecule has 1 atom stereocenters. The second-order valence-corrected chi connectivity index (χ2v) is 4.91. The molecule has 0 aromatic heterocycles. The summed E-state index contributed by atoms with van der Waals surface area (Å²) in [7, 11) is 0. The van der Waals surface area contributed by atoms with E-state index in [-0.39, 0.29) is 17.0 Å². The minimum Gasteiger partial charge on any atom is -0.352 e. The highest BCUT2D eigenvalue weighted by Crippen LogP contribution is 2.19. The Kier molecular flexibility index (Phi) is 5.77. The maximum atomic E-state index is 13.3. The van der Waals surface area contributed by atoms with Gasteiger partial charge in [-0.3, -0.25) is 4.79 Å². The van der Waals surface area contributed by atoms with E-state index in [0.29, 0.717) is 17.9 Å². The first kappa shape index (κ1) is 13.8. The van der Waals surface area contributed by atoms with Crippen LogP contribution in [0.5, 0.6) is 0 Å². The van der Waals surface area contributed by atoms with Gasteiger partial charge in [0.2, 0.25) is 5.91 Å². The highest BCUT2D eigenvalue weighted by molar-refractivity contribution is 7.99.